The van der Waals surface area contributed by atoms with Crippen molar-refractivity contribution < 1.29 is 27.5 Å². The van der Waals surface area contributed by atoms with Gasteiger partial charge in [-0.25, -0.2) is 8.42 Å². The van der Waals surface area contributed by atoms with Crippen LogP contribution < -0.4 is 20.1 Å². The van der Waals surface area contributed by atoms with E-state index in [-0.39, 0.29) is 29.9 Å². The minimum Gasteiger partial charge on any atom is -0.493 e. The number of hydrogen-bond donors (Lipinski definition) is 2. The molecule has 0 bridgehead atoms. The van der Waals surface area contributed by atoms with Crippen molar-refractivity contribution in [1.82, 2.24) is 5.32 Å². The van der Waals surface area contributed by atoms with Gasteiger partial charge in [-0.3, -0.25) is 9.59 Å². The highest BCUT2D eigenvalue weighted by atomic mass is 32.2. The number of fused-ring (bicyclic) bond motifs is 1. The first-order valence-corrected chi connectivity index (χ1v) is 13.6. The van der Waals surface area contributed by atoms with Crippen LogP contribution in [0.4, 0.5) is 5.00 Å². The fourth-order valence-electron chi connectivity index (χ4n) is 4.29. The number of hydrogen-bond acceptors (Lipinski definition) is 7. The maximum Gasteiger partial charge on any atom is 0.262 e. The van der Waals surface area contributed by atoms with Crippen LogP contribution in [0.2, 0.25) is 0 Å². The molecule has 2 N–H and O–H groups in total. The molecule has 0 spiro atoms. The zero-order valence-corrected chi connectivity index (χ0v) is 20.3. The molecule has 178 valence electrons. The van der Waals surface area contributed by atoms with Crippen LogP contribution in [0.3, 0.4) is 0 Å². The van der Waals surface area contributed by atoms with Crippen LogP contribution in [0, 0.1) is 5.92 Å². The van der Waals surface area contributed by atoms with Gasteiger partial charge in [0, 0.05) is 10.9 Å². The zero-order valence-electron chi connectivity index (χ0n) is 18.7. The molecule has 1 fully saturated rings. The molecule has 1 aliphatic heterocycles. The van der Waals surface area contributed by atoms with Crippen molar-refractivity contribution >= 4 is 38.0 Å². The molecule has 1 aromatic carbocycles. The predicted molar refractivity (Wildman–Crippen MR) is 127 cm³/mol. The second-order valence-corrected chi connectivity index (χ2v) is 12.0. The van der Waals surface area contributed by atoms with E-state index in [1.807, 2.05) is 6.07 Å². The first-order chi connectivity index (χ1) is 15.8. The number of amides is 2. The normalized spacial score (nSPS) is 21.2. The molecule has 2 heterocycles. The summed E-state index contributed by atoms with van der Waals surface area (Å²) >= 11 is 1.42. The maximum atomic E-state index is 13.2. The third-order valence-corrected chi connectivity index (χ3v) is 8.92. The molecule has 10 heteroatoms. The van der Waals surface area contributed by atoms with Crippen molar-refractivity contribution in [2.24, 2.45) is 5.92 Å². The van der Waals surface area contributed by atoms with Crippen LogP contribution in [0.25, 0.3) is 0 Å². The topological polar surface area (TPSA) is 111 Å². The predicted octanol–water partition coefficient (Wildman–Crippen LogP) is 2.82. The summed E-state index contributed by atoms with van der Waals surface area (Å²) in [6.07, 6.45) is 2.98. The van der Waals surface area contributed by atoms with Gasteiger partial charge in [0.05, 0.1) is 24.2 Å². The molecule has 1 saturated heterocycles. The van der Waals surface area contributed by atoms with Gasteiger partial charge in [-0.1, -0.05) is 19.1 Å². The monoisotopic (exact) mass is 492 g/mol. The minimum absolute atomic E-state index is 0.0451. The highest BCUT2D eigenvalue weighted by molar-refractivity contribution is 7.91. The lowest BCUT2D eigenvalue weighted by Gasteiger charge is -2.19. The van der Waals surface area contributed by atoms with Gasteiger partial charge in [0.15, 0.2) is 27.9 Å². The third kappa shape index (κ3) is 5.50. The molecular weight excluding hydrogens is 464 g/mol. The average molecular weight is 493 g/mol. The number of carbonyl (C=O) groups excluding carboxylic acids is 2. The van der Waals surface area contributed by atoms with Crippen LogP contribution in [-0.2, 0) is 27.5 Å². The number of para-hydroxylation sites is 2. The van der Waals surface area contributed by atoms with Gasteiger partial charge in [0.1, 0.15) is 5.00 Å². The third-order valence-electron chi connectivity index (χ3n) is 5.99. The van der Waals surface area contributed by atoms with E-state index in [9.17, 15) is 18.0 Å². The largest absolute Gasteiger partial charge is 0.493 e. The van der Waals surface area contributed by atoms with Crippen LogP contribution in [0.5, 0.6) is 11.5 Å². The lowest BCUT2D eigenvalue weighted by molar-refractivity contribution is -0.118. The molecule has 2 atom stereocenters. The molecule has 4 rings (SSSR count). The van der Waals surface area contributed by atoms with Crippen molar-refractivity contribution in [3.63, 3.8) is 0 Å². The van der Waals surface area contributed by atoms with Gasteiger partial charge in [-0.05, 0) is 49.3 Å². The Morgan fingerprint density at radius 3 is 2.64 bits per heavy atom. The van der Waals surface area contributed by atoms with Gasteiger partial charge < -0.3 is 20.1 Å². The highest BCUT2D eigenvalue weighted by Crippen LogP contribution is 2.40. The molecule has 2 amide bonds. The standard InChI is InChI=1S/C23H28N2O6S2/c1-14-7-8-16-19(11-14)32-23(21(16)22(27)24-15-9-10-33(28,29)13-15)25-20(26)12-31-18-6-4-3-5-17(18)30-2/h3-6,14-15H,7-13H2,1-2H3,(H,24,27)(H,25,26)/t14-,15+/m0/s1. The van der Waals surface area contributed by atoms with Gasteiger partial charge in [-0.2, -0.15) is 0 Å². The molecule has 2 aromatic rings. The van der Waals surface area contributed by atoms with E-state index in [2.05, 4.69) is 17.6 Å². The van der Waals surface area contributed by atoms with Gasteiger partial charge >= 0.3 is 0 Å². The summed E-state index contributed by atoms with van der Waals surface area (Å²) in [7, 11) is -1.58. The summed E-state index contributed by atoms with van der Waals surface area (Å²) in [5.41, 5.74) is 1.41. The number of anilines is 1. The second kappa shape index (κ2) is 9.72. The molecule has 0 unspecified atom stereocenters. The lowest BCUT2D eigenvalue weighted by Crippen LogP contribution is -2.36. The van der Waals surface area contributed by atoms with E-state index in [0.29, 0.717) is 34.4 Å². The average Bonchev–Trinajstić information content (AvgIpc) is 3.30. The fourth-order valence-corrected chi connectivity index (χ4v) is 7.39. The maximum absolute atomic E-state index is 13.2. The first-order valence-electron chi connectivity index (χ1n) is 11.0. The molecule has 33 heavy (non-hydrogen) atoms. The Balaban J connectivity index is 1.51. The molecule has 2 aliphatic rings. The number of carbonyl (C=O) groups is 2. The Morgan fingerprint density at radius 2 is 1.94 bits per heavy atom. The summed E-state index contributed by atoms with van der Waals surface area (Å²) in [6.45, 7) is 1.94. The Kier molecular flexibility index (Phi) is 6.94. The van der Waals surface area contributed by atoms with Gasteiger partial charge in [-0.15, -0.1) is 11.3 Å². The molecular formula is C23H28N2O6S2. The minimum atomic E-state index is -3.11. The van der Waals surface area contributed by atoms with Crippen LogP contribution >= 0.6 is 11.3 Å². The molecule has 0 saturated carbocycles. The quantitative estimate of drug-likeness (QED) is 0.615. The van der Waals surface area contributed by atoms with Gasteiger partial charge in [0.25, 0.3) is 11.8 Å². The number of thiophene rings is 1. The SMILES string of the molecule is COc1ccccc1OCC(=O)Nc1sc2c(c1C(=O)N[C@@H]1CCS(=O)(=O)C1)CC[C@H](C)C2. The van der Waals surface area contributed by atoms with E-state index in [4.69, 9.17) is 9.47 Å². The Hall–Kier alpha value is -2.59. The smallest absolute Gasteiger partial charge is 0.262 e. The van der Waals surface area contributed by atoms with E-state index in [1.165, 1.54) is 18.4 Å². The number of sulfone groups is 1. The Morgan fingerprint density at radius 1 is 1.18 bits per heavy atom. The Bertz CT molecular complexity index is 1160. The Labute approximate surface area is 197 Å². The van der Waals surface area contributed by atoms with Crippen molar-refractivity contribution in [1.29, 1.82) is 0 Å². The van der Waals surface area contributed by atoms with E-state index >= 15 is 0 Å². The van der Waals surface area contributed by atoms with Crippen molar-refractivity contribution in [2.75, 3.05) is 30.5 Å². The van der Waals surface area contributed by atoms with E-state index in [1.54, 1.807) is 18.2 Å². The lowest BCUT2D eigenvalue weighted by atomic mass is 9.88. The summed E-state index contributed by atoms with van der Waals surface area (Å²) < 4.78 is 34.4. The molecule has 1 aliphatic carbocycles. The second-order valence-electron chi connectivity index (χ2n) is 8.62. The number of rotatable bonds is 7. The fraction of sp³-hybridized carbons (Fsp3) is 0.478. The first kappa shape index (κ1) is 23.6. The van der Waals surface area contributed by atoms with E-state index < -0.39 is 15.9 Å². The van der Waals surface area contributed by atoms with Crippen LogP contribution in [0.15, 0.2) is 24.3 Å². The summed E-state index contributed by atoms with van der Waals surface area (Å²) in [4.78, 5) is 27.0. The zero-order chi connectivity index (χ0) is 23.6. The summed E-state index contributed by atoms with van der Waals surface area (Å²) in [5, 5.41) is 6.21. The molecule has 1 aromatic heterocycles. The number of nitrogens with one attached hydrogen (secondary N) is 2. The number of benzene rings is 1. The number of ether oxygens (including phenoxy) is 2. The van der Waals surface area contributed by atoms with Crippen LogP contribution in [-0.4, -0.2) is 51.5 Å². The highest BCUT2D eigenvalue weighted by Gasteiger charge is 2.33. The van der Waals surface area contributed by atoms with Crippen molar-refractivity contribution in [2.45, 2.75) is 38.6 Å². The van der Waals surface area contributed by atoms with Gasteiger partial charge in [0.2, 0.25) is 0 Å². The molecule has 8 nitrogen and oxygen atoms in total. The summed E-state index contributed by atoms with van der Waals surface area (Å²) in [5.74, 6) is 0.810. The van der Waals surface area contributed by atoms with E-state index in [0.717, 1.165) is 29.7 Å². The molecule has 0 radical (unpaired) electrons. The van der Waals surface area contributed by atoms with Crippen molar-refractivity contribution in [3.05, 3.63) is 40.3 Å². The van der Waals surface area contributed by atoms with Crippen LogP contribution in [0.1, 0.15) is 40.6 Å². The summed E-state index contributed by atoms with van der Waals surface area (Å²) in [6, 6.07) is 6.65. The van der Waals surface area contributed by atoms with Crippen molar-refractivity contribution in [3.8, 4) is 11.5 Å². The number of methoxy groups -OCH3 is 1.